The molecular formula is C12H15ClN2O5. The Morgan fingerprint density at radius 2 is 1.85 bits per heavy atom. The molecule has 0 unspecified atom stereocenters. The molecule has 0 aliphatic heterocycles. The van der Waals surface area contributed by atoms with Crippen LogP contribution in [0.3, 0.4) is 0 Å². The Labute approximate surface area is 120 Å². The van der Waals surface area contributed by atoms with Gasteiger partial charge in [-0.2, -0.15) is 0 Å². The number of nitrogens with one attached hydrogen (secondary N) is 2. The molecule has 1 rings (SSSR count). The van der Waals surface area contributed by atoms with E-state index in [1.807, 2.05) is 0 Å². The molecule has 0 aromatic heterocycles. The van der Waals surface area contributed by atoms with E-state index in [4.69, 9.17) is 26.2 Å². The zero-order valence-corrected chi connectivity index (χ0v) is 11.9. The minimum Gasteiger partial charge on any atom is -0.495 e. The summed E-state index contributed by atoms with van der Waals surface area (Å²) in [6.45, 7) is 1.35. The molecule has 0 heterocycles. The van der Waals surface area contributed by atoms with Gasteiger partial charge in [0.1, 0.15) is 17.5 Å². The zero-order chi connectivity index (χ0) is 15.3. The molecule has 110 valence electrons. The van der Waals surface area contributed by atoms with E-state index in [9.17, 15) is 9.59 Å². The molecule has 0 aliphatic carbocycles. The maximum atomic E-state index is 11.6. The Morgan fingerprint density at radius 3 is 2.35 bits per heavy atom. The van der Waals surface area contributed by atoms with Crippen molar-refractivity contribution < 1.29 is 24.2 Å². The van der Waals surface area contributed by atoms with Crippen molar-refractivity contribution in [3.05, 3.63) is 17.2 Å². The number of amides is 2. The molecule has 0 bridgehead atoms. The molecular weight excluding hydrogens is 288 g/mol. The number of ether oxygens (including phenoxy) is 2. The fourth-order valence-electron chi connectivity index (χ4n) is 1.37. The second kappa shape index (κ2) is 6.85. The molecule has 0 fully saturated rings. The molecule has 0 saturated carbocycles. The lowest BCUT2D eigenvalue weighted by Gasteiger charge is -2.14. The lowest BCUT2D eigenvalue weighted by molar-refractivity contribution is -0.138. The molecule has 0 saturated heterocycles. The summed E-state index contributed by atoms with van der Waals surface area (Å²) in [5, 5.41) is 13.7. The number of hydrogen-bond donors (Lipinski definition) is 3. The van der Waals surface area contributed by atoms with Crippen LogP contribution < -0.4 is 20.1 Å². The van der Waals surface area contributed by atoms with Crippen LogP contribution in [0.5, 0.6) is 11.5 Å². The molecule has 1 atom stereocenters. The van der Waals surface area contributed by atoms with E-state index in [1.54, 1.807) is 0 Å². The molecule has 3 N–H and O–H groups in total. The first-order chi connectivity index (χ1) is 9.38. The maximum Gasteiger partial charge on any atom is 0.325 e. The standard InChI is InChI=1S/C12H15ClN2O5/c1-6(11(16)17)14-12(18)15-8-4-7(13)9(19-2)5-10(8)20-3/h4-6H,1-3H3,(H,16,17)(H2,14,15,18)/t6-/m0/s1. The first-order valence-corrected chi connectivity index (χ1v) is 5.98. The van der Waals surface area contributed by atoms with Crippen LogP contribution in [-0.2, 0) is 4.79 Å². The van der Waals surface area contributed by atoms with Crippen molar-refractivity contribution in [2.45, 2.75) is 13.0 Å². The summed E-state index contributed by atoms with van der Waals surface area (Å²) in [7, 11) is 2.88. The number of carboxylic acids is 1. The van der Waals surface area contributed by atoms with Gasteiger partial charge in [-0.1, -0.05) is 11.6 Å². The van der Waals surface area contributed by atoms with Gasteiger partial charge in [-0.15, -0.1) is 0 Å². The third-order valence-electron chi connectivity index (χ3n) is 2.44. The van der Waals surface area contributed by atoms with E-state index in [2.05, 4.69) is 10.6 Å². The molecule has 1 aromatic rings. The van der Waals surface area contributed by atoms with Crippen molar-refractivity contribution in [2.75, 3.05) is 19.5 Å². The van der Waals surface area contributed by atoms with Crippen molar-refractivity contribution in [3.63, 3.8) is 0 Å². The quantitative estimate of drug-likeness (QED) is 0.772. The third-order valence-corrected chi connectivity index (χ3v) is 2.74. The summed E-state index contributed by atoms with van der Waals surface area (Å²) in [5.41, 5.74) is 0.299. The van der Waals surface area contributed by atoms with E-state index in [-0.39, 0.29) is 5.02 Å². The van der Waals surface area contributed by atoms with Gasteiger partial charge in [0.25, 0.3) is 0 Å². The number of halogens is 1. The topological polar surface area (TPSA) is 96.9 Å². The minimum atomic E-state index is -1.14. The van der Waals surface area contributed by atoms with Crippen molar-refractivity contribution in [2.24, 2.45) is 0 Å². The molecule has 8 heteroatoms. The molecule has 0 aliphatic rings. The Balaban J connectivity index is 2.89. The number of hydrogen-bond acceptors (Lipinski definition) is 4. The monoisotopic (exact) mass is 302 g/mol. The molecule has 20 heavy (non-hydrogen) atoms. The first-order valence-electron chi connectivity index (χ1n) is 5.60. The summed E-state index contributed by atoms with van der Waals surface area (Å²) >= 11 is 5.95. The Hall–Kier alpha value is -2.15. The van der Waals surface area contributed by atoms with Crippen LogP contribution in [0, 0.1) is 0 Å². The highest BCUT2D eigenvalue weighted by Crippen LogP contribution is 2.35. The van der Waals surface area contributed by atoms with E-state index >= 15 is 0 Å². The number of methoxy groups -OCH3 is 2. The predicted octanol–water partition coefficient (Wildman–Crippen LogP) is 1.95. The van der Waals surface area contributed by atoms with Crippen LogP contribution in [-0.4, -0.2) is 37.4 Å². The summed E-state index contributed by atoms with van der Waals surface area (Å²) in [6, 6.07) is 1.26. The zero-order valence-electron chi connectivity index (χ0n) is 11.2. The maximum absolute atomic E-state index is 11.6. The third kappa shape index (κ3) is 3.92. The summed E-state index contributed by atoms with van der Waals surface area (Å²) in [6.07, 6.45) is 0. The van der Waals surface area contributed by atoms with Crippen molar-refractivity contribution in [1.82, 2.24) is 5.32 Å². The first kappa shape index (κ1) is 15.9. The SMILES string of the molecule is COc1cc(OC)c(NC(=O)N[C@@H](C)C(=O)O)cc1Cl. The van der Waals surface area contributed by atoms with Gasteiger partial charge >= 0.3 is 12.0 Å². The summed E-state index contributed by atoms with van der Waals surface area (Å²) in [5.74, 6) is -0.405. The van der Waals surface area contributed by atoms with Crippen LogP contribution in [0.15, 0.2) is 12.1 Å². The van der Waals surface area contributed by atoms with E-state index in [0.717, 1.165) is 0 Å². The average Bonchev–Trinajstić information content (AvgIpc) is 2.38. The molecule has 0 spiro atoms. The van der Waals surface area contributed by atoms with Crippen molar-refractivity contribution in [1.29, 1.82) is 0 Å². The smallest absolute Gasteiger partial charge is 0.325 e. The number of carbonyl (C=O) groups is 2. The van der Waals surface area contributed by atoms with E-state index in [0.29, 0.717) is 17.2 Å². The van der Waals surface area contributed by atoms with Gasteiger partial charge < -0.3 is 25.2 Å². The van der Waals surface area contributed by atoms with E-state index < -0.39 is 18.0 Å². The number of carboxylic acid groups (broad SMARTS) is 1. The molecule has 7 nitrogen and oxygen atoms in total. The van der Waals surface area contributed by atoms with Gasteiger partial charge in [-0.25, -0.2) is 4.79 Å². The fraction of sp³-hybridized carbons (Fsp3) is 0.333. The lowest BCUT2D eigenvalue weighted by atomic mass is 10.2. The lowest BCUT2D eigenvalue weighted by Crippen LogP contribution is -2.40. The van der Waals surface area contributed by atoms with E-state index in [1.165, 1.54) is 33.3 Å². The highest BCUT2D eigenvalue weighted by Gasteiger charge is 2.16. The number of rotatable bonds is 5. The predicted molar refractivity (Wildman–Crippen MR) is 73.8 cm³/mol. The fourth-order valence-corrected chi connectivity index (χ4v) is 1.62. The van der Waals surface area contributed by atoms with Crippen LogP contribution >= 0.6 is 11.6 Å². The van der Waals surface area contributed by atoms with Crippen molar-refractivity contribution in [3.8, 4) is 11.5 Å². The van der Waals surface area contributed by atoms with Crippen LogP contribution in [0.1, 0.15) is 6.92 Å². The normalized spacial score (nSPS) is 11.4. The van der Waals surface area contributed by atoms with Gasteiger partial charge in [0.2, 0.25) is 0 Å². The summed E-state index contributed by atoms with van der Waals surface area (Å²) in [4.78, 5) is 22.3. The van der Waals surface area contributed by atoms with Gasteiger partial charge in [0.15, 0.2) is 0 Å². The van der Waals surface area contributed by atoms with Gasteiger partial charge in [-0.05, 0) is 13.0 Å². The van der Waals surface area contributed by atoms with Crippen molar-refractivity contribution >= 4 is 29.3 Å². The number of benzene rings is 1. The highest BCUT2D eigenvalue weighted by atomic mass is 35.5. The second-order valence-electron chi connectivity index (χ2n) is 3.85. The number of urea groups is 1. The minimum absolute atomic E-state index is 0.287. The molecule has 1 aromatic carbocycles. The molecule has 0 radical (unpaired) electrons. The Kier molecular flexibility index (Phi) is 5.45. The number of anilines is 1. The number of aliphatic carboxylic acids is 1. The van der Waals surface area contributed by atoms with Gasteiger partial charge in [0, 0.05) is 6.07 Å². The molecule has 2 amide bonds. The Bertz CT molecular complexity index is 521. The number of carbonyl (C=O) groups excluding carboxylic acids is 1. The van der Waals surface area contributed by atoms with Gasteiger partial charge in [-0.3, -0.25) is 4.79 Å². The van der Waals surface area contributed by atoms with Crippen LogP contribution in [0.2, 0.25) is 5.02 Å². The average molecular weight is 303 g/mol. The second-order valence-corrected chi connectivity index (χ2v) is 4.25. The van der Waals surface area contributed by atoms with Crippen LogP contribution in [0.4, 0.5) is 10.5 Å². The largest absolute Gasteiger partial charge is 0.495 e. The van der Waals surface area contributed by atoms with Crippen LogP contribution in [0.25, 0.3) is 0 Å². The summed E-state index contributed by atoms with van der Waals surface area (Å²) < 4.78 is 10.1. The highest BCUT2D eigenvalue weighted by molar-refractivity contribution is 6.32. The Morgan fingerprint density at radius 1 is 1.25 bits per heavy atom. The van der Waals surface area contributed by atoms with Gasteiger partial charge in [0.05, 0.1) is 24.9 Å².